The summed E-state index contributed by atoms with van der Waals surface area (Å²) in [5.74, 6) is 0.681. The number of hydrogen-bond acceptors (Lipinski definition) is 4. The smallest absolute Gasteiger partial charge is 0.290 e. The van der Waals surface area contributed by atoms with Crippen LogP contribution in [0, 0.1) is 6.92 Å². The molecule has 4 rings (SSSR count). The summed E-state index contributed by atoms with van der Waals surface area (Å²) in [6.07, 6.45) is 2.82. The average molecular weight is 405 g/mol. The molecule has 30 heavy (non-hydrogen) atoms. The van der Waals surface area contributed by atoms with Crippen LogP contribution in [-0.2, 0) is 0 Å². The van der Waals surface area contributed by atoms with E-state index in [0.29, 0.717) is 29.7 Å². The van der Waals surface area contributed by atoms with Crippen molar-refractivity contribution in [3.8, 4) is 5.75 Å². The normalized spacial score (nSPS) is 15.6. The second kappa shape index (κ2) is 8.34. The van der Waals surface area contributed by atoms with Crippen molar-refractivity contribution >= 4 is 16.9 Å². The van der Waals surface area contributed by atoms with Gasteiger partial charge in [0, 0.05) is 6.54 Å². The van der Waals surface area contributed by atoms with Gasteiger partial charge in [-0.15, -0.1) is 0 Å². The van der Waals surface area contributed by atoms with Crippen LogP contribution in [0.2, 0.25) is 0 Å². The van der Waals surface area contributed by atoms with E-state index in [-0.39, 0.29) is 17.1 Å². The summed E-state index contributed by atoms with van der Waals surface area (Å²) in [6, 6.07) is 12.7. The van der Waals surface area contributed by atoms with Crippen molar-refractivity contribution < 1.29 is 13.9 Å². The molecule has 0 unspecified atom stereocenters. The molecule has 1 aromatic heterocycles. The standard InChI is InChI=1S/C25H27NO4/c1-4-6-13-29-18-9-7-8-17(15-18)22-21-23(27)19-14-16(3)10-11-20(19)30-24(21)25(28)26(22)12-5-2/h7-11,14-15,22H,4-6,12-13H2,1-3H3/t22-/m0/s1. The van der Waals surface area contributed by atoms with Crippen molar-refractivity contribution in [3.63, 3.8) is 0 Å². The number of unbranched alkanes of at least 4 members (excludes halogenated alkanes) is 1. The predicted molar refractivity (Wildman–Crippen MR) is 117 cm³/mol. The lowest BCUT2D eigenvalue weighted by Crippen LogP contribution is -2.30. The summed E-state index contributed by atoms with van der Waals surface area (Å²) in [5, 5.41) is 0.514. The van der Waals surface area contributed by atoms with Gasteiger partial charge < -0.3 is 14.1 Å². The first-order chi connectivity index (χ1) is 14.5. The first-order valence-corrected chi connectivity index (χ1v) is 10.7. The van der Waals surface area contributed by atoms with E-state index in [9.17, 15) is 9.59 Å². The van der Waals surface area contributed by atoms with Gasteiger partial charge in [-0.2, -0.15) is 0 Å². The fraction of sp³-hybridized carbons (Fsp3) is 0.360. The molecule has 1 aliphatic heterocycles. The van der Waals surface area contributed by atoms with Crippen molar-refractivity contribution in [1.29, 1.82) is 0 Å². The number of carbonyl (C=O) groups is 1. The van der Waals surface area contributed by atoms with Crippen molar-refractivity contribution in [2.24, 2.45) is 0 Å². The van der Waals surface area contributed by atoms with Crippen LogP contribution in [0.5, 0.6) is 5.75 Å². The lowest BCUT2D eigenvalue weighted by atomic mass is 9.98. The Balaban J connectivity index is 1.86. The third-order valence-electron chi connectivity index (χ3n) is 5.53. The third kappa shape index (κ3) is 3.49. The first kappa shape index (κ1) is 20.2. The summed E-state index contributed by atoms with van der Waals surface area (Å²) in [7, 11) is 0. The maximum Gasteiger partial charge on any atom is 0.290 e. The van der Waals surface area contributed by atoms with Crippen molar-refractivity contribution in [2.45, 2.75) is 46.1 Å². The van der Waals surface area contributed by atoms with E-state index in [1.165, 1.54) is 0 Å². The van der Waals surface area contributed by atoms with E-state index in [4.69, 9.17) is 9.15 Å². The van der Waals surface area contributed by atoms with E-state index in [1.807, 2.05) is 50.2 Å². The van der Waals surface area contributed by atoms with Crippen LogP contribution in [0.3, 0.4) is 0 Å². The summed E-state index contributed by atoms with van der Waals surface area (Å²) in [4.78, 5) is 28.4. The molecule has 0 saturated carbocycles. The highest BCUT2D eigenvalue weighted by Gasteiger charge is 2.42. The molecule has 0 bridgehead atoms. The molecule has 1 aliphatic rings. The van der Waals surface area contributed by atoms with Gasteiger partial charge in [-0.05, 0) is 49.6 Å². The topological polar surface area (TPSA) is 59.8 Å². The molecule has 1 atom stereocenters. The number of carbonyl (C=O) groups excluding carboxylic acids is 1. The molecule has 0 spiro atoms. The highest BCUT2D eigenvalue weighted by Crippen LogP contribution is 2.39. The summed E-state index contributed by atoms with van der Waals surface area (Å²) < 4.78 is 11.8. The minimum absolute atomic E-state index is 0.135. The van der Waals surface area contributed by atoms with Gasteiger partial charge in [-0.25, -0.2) is 0 Å². The molecule has 3 aromatic rings. The van der Waals surface area contributed by atoms with Crippen LogP contribution < -0.4 is 10.2 Å². The van der Waals surface area contributed by atoms with Gasteiger partial charge in [-0.3, -0.25) is 9.59 Å². The quantitative estimate of drug-likeness (QED) is 0.505. The van der Waals surface area contributed by atoms with Gasteiger partial charge in [0.2, 0.25) is 5.76 Å². The van der Waals surface area contributed by atoms with E-state index in [2.05, 4.69) is 6.92 Å². The van der Waals surface area contributed by atoms with Crippen LogP contribution in [-0.4, -0.2) is 24.0 Å². The van der Waals surface area contributed by atoms with E-state index >= 15 is 0 Å². The number of nitrogens with zero attached hydrogens (tertiary/aromatic N) is 1. The molecule has 0 fully saturated rings. The zero-order valence-corrected chi connectivity index (χ0v) is 17.7. The molecule has 1 amide bonds. The number of fused-ring (bicyclic) bond motifs is 2. The summed E-state index contributed by atoms with van der Waals surface area (Å²) in [5.41, 5.74) is 2.59. The fourth-order valence-corrected chi connectivity index (χ4v) is 4.06. The Labute approximate surface area is 176 Å². The van der Waals surface area contributed by atoms with E-state index in [0.717, 1.165) is 36.1 Å². The Morgan fingerprint density at radius 3 is 2.67 bits per heavy atom. The van der Waals surface area contributed by atoms with Gasteiger partial charge in [0.05, 0.1) is 23.6 Å². The zero-order chi connectivity index (χ0) is 21.3. The van der Waals surface area contributed by atoms with Crippen LogP contribution in [0.25, 0.3) is 11.0 Å². The predicted octanol–water partition coefficient (Wildman–Crippen LogP) is 5.24. The molecule has 5 heteroatoms. The number of amides is 1. The highest BCUT2D eigenvalue weighted by atomic mass is 16.5. The third-order valence-corrected chi connectivity index (χ3v) is 5.53. The Hall–Kier alpha value is -3.08. The van der Waals surface area contributed by atoms with Gasteiger partial charge in [0.25, 0.3) is 5.91 Å². The lowest BCUT2D eigenvalue weighted by molar-refractivity contribution is 0.0728. The SMILES string of the molecule is CCCCOc1cccc([C@H]2c3c(oc4ccc(C)cc4c3=O)C(=O)N2CCC)c1. The number of aryl methyl sites for hydroxylation is 1. The molecule has 156 valence electrons. The zero-order valence-electron chi connectivity index (χ0n) is 17.7. The summed E-state index contributed by atoms with van der Waals surface area (Å²) in [6.45, 7) is 7.27. The largest absolute Gasteiger partial charge is 0.494 e. The monoisotopic (exact) mass is 405 g/mol. The van der Waals surface area contributed by atoms with Crippen LogP contribution >= 0.6 is 0 Å². The average Bonchev–Trinajstić information content (AvgIpc) is 3.02. The molecule has 0 aliphatic carbocycles. The first-order valence-electron chi connectivity index (χ1n) is 10.7. The van der Waals surface area contributed by atoms with Crippen LogP contribution in [0.15, 0.2) is 51.7 Å². The summed E-state index contributed by atoms with van der Waals surface area (Å²) >= 11 is 0. The number of hydrogen-bond donors (Lipinski definition) is 0. The van der Waals surface area contributed by atoms with Crippen LogP contribution in [0.4, 0.5) is 0 Å². The molecule has 5 nitrogen and oxygen atoms in total. The number of benzene rings is 2. The second-order valence-corrected chi connectivity index (χ2v) is 7.85. The number of rotatable bonds is 7. The lowest BCUT2D eigenvalue weighted by Gasteiger charge is -2.25. The van der Waals surface area contributed by atoms with Crippen molar-refractivity contribution in [1.82, 2.24) is 4.90 Å². The molecule has 0 N–H and O–H groups in total. The number of ether oxygens (including phenoxy) is 1. The Morgan fingerprint density at radius 1 is 1.07 bits per heavy atom. The van der Waals surface area contributed by atoms with Crippen molar-refractivity contribution in [3.05, 3.63) is 75.1 Å². The molecular formula is C25H27NO4. The Kier molecular flexibility index (Phi) is 5.62. The van der Waals surface area contributed by atoms with Gasteiger partial charge in [0.15, 0.2) is 5.43 Å². The molecule has 2 heterocycles. The highest BCUT2D eigenvalue weighted by molar-refractivity contribution is 5.99. The molecule has 2 aromatic carbocycles. The maximum atomic E-state index is 13.5. The van der Waals surface area contributed by atoms with Crippen molar-refractivity contribution in [2.75, 3.05) is 13.2 Å². The molecular weight excluding hydrogens is 378 g/mol. The molecule has 0 radical (unpaired) electrons. The van der Waals surface area contributed by atoms with Gasteiger partial charge in [0.1, 0.15) is 11.3 Å². The maximum absolute atomic E-state index is 13.5. The minimum Gasteiger partial charge on any atom is -0.494 e. The van der Waals surface area contributed by atoms with Gasteiger partial charge in [-0.1, -0.05) is 44.0 Å². The molecule has 0 saturated heterocycles. The van der Waals surface area contributed by atoms with Crippen LogP contribution in [0.1, 0.15) is 66.4 Å². The van der Waals surface area contributed by atoms with E-state index < -0.39 is 6.04 Å². The van der Waals surface area contributed by atoms with E-state index in [1.54, 1.807) is 11.0 Å². The van der Waals surface area contributed by atoms with Gasteiger partial charge >= 0.3 is 0 Å². The Morgan fingerprint density at radius 2 is 1.90 bits per heavy atom. The Bertz CT molecular complexity index is 1150. The second-order valence-electron chi connectivity index (χ2n) is 7.85. The fourth-order valence-electron chi connectivity index (χ4n) is 4.06. The minimum atomic E-state index is -0.469.